The van der Waals surface area contributed by atoms with Gasteiger partial charge in [-0.3, -0.25) is 5.32 Å². The molecule has 0 radical (unpaired) electrons. The largest absolute Gasteiger partial charge is 0.303 e. The van der Waals surface area contributed by atoms with Crippen molar-refractivity contribution < 1.29 is 0 Å². The molecule has 1 aliphatic rings. The first-order valence-electron chi connectivity index (χ1n) is 6.90. The fourth-order valence-corrected chi connectivity index (χ4v) is 2.12. The maximum absolute atomic E-state index is 9.30. The van der Waals surface area contributed by atoms with Gasteiger partial charge in [0.2, 0.25) is 0 Å². The molecular weight excluding hydrogens is 210 g/mol. The van der Waals surface area contributed by atoms with E-state index in [2.05, 4.69) is 37.1 Å². The lowest BCUT2D eigenvalue weighted by Gasteiger charge is -2.28. The number of nitriles is 1. The second-order valence-corrected chi connectivity index (χ2v) is 5.90. The number of rotatable bonds is 8. The van der Waals surface area contributed by atoms with Crippen LogP contribution in [0.1, 0.15) is 47.0 Å². The van der Waals surface area contributed by atoms with Crippen LogP contribution in [0.15, 0.2) is 0 Å². The van der Waals surface area contributed by atoms with Crippen molar-refractivity contribution in [3.8, 4) is 6.07 Å². The standard InChI is InChI=1S/C14H27N3/c1-5-17(10-12(2)3)9-8-14(4,11-15)16-13-6-7-13/h12-13,16H,5-10H2,1-4H3. The Kier molecular flexibility index (Phi) is 5.42. The fraction of sp³-hybridized carbons (Fsp3) is 0.929. The van der Waals surface area contributed by atoms with Crippen LogP contribution in [-0.4, -0.2) is 36.1 Å². The predicted molar refractivity (Wildman–Crippen MR) is 71.7 cm³/mol. The third kappa shape index (κ3) is 5.52. The molecule has 1 aliphatic carbocycles. The van der Waals surface area contributed by atoms with Crippen LogP contribution in [-0.2, 0) is 0 Å². The van der Waals surface area contributed by atoms with Gasteiger partial charge in [0.25, 0.3) is 0 Å². The van der Waals surface area contributed by atoms with Crippen molar-refractivity contribution in [1.29, 1.82) is 5.26 Å². The van der Waals surface area contributed by atoms with Crippen LogP contribution in [0.25, 0.3) is 0 Å². The lowest BCUT2D eigenvalue weighted by Crippen LogP contribution is -2.45. The number of nitrogens with one attached hydrogen (secondary N) is 1. The highest BCUT2D eigenvalue weighted by molar-refractivity contribution is 5.07. The monoisotopic (exact) mass is 237 g/mol. The van der Waals surface area contributed by atoms with E-state index < -0.39 is 0 Å². The second-order valence-electron chi connectivity index (χ2n) is 5.90. The van der Waals surface area contributed by atoms with Crippen LogP contribution in [0.5, 0.6) is 0 Å². The van der Waals surface area contributed by atoms with Crippen LogP contribution in [0.2, 0.25) is 0 Å². The molecule has 1 fully saturated rings. The van der Waals surface area contributed by atoms with Crippen molar-refractivity contribution in [3.05, 3.63) is 0 Å². The predicted octanol–water partition coefficient (Wildman–Crippen LogP) is 2.39. The molecular formula is C14H27N3. The Labute approximate surface area is 106 Å². The van der Waals surface area contributed by atoms with E-state index in [0.717, 1.165) is 26.1 Å². The molecule has 1 saturated carbocycles. The molecule has 17 heavy (non-hydrogen) atoms. The highest BCUT2D eigenvalue weighted by atomic mass is 15.1. The zero-order valence-corrected chi connectivity index (χ0v) is 11.8. The SMILES string of the molecule is CCN(CCC(C)(C#N)NC1CC1)CC(C)C. The number of nitrogens with zero attached hydrogens (tertiary/aromatic N) is 2. The molecule has 1 N–H and O–H groups in total. The van der Waals surface area contributed by atoms with Crippen molar-refractivity contribution in [2.45, 2.75) is 58.5 Å². The van der Waals surface area contributed by atoms with Crippen molar-refractivity contribution in [3.63, 3.8) is 0 Å². The van der Waals surface area contributed by atoms with Gasteiger partial charge in [-0.05, 0) is 38.6 Å². The summed E-state index contributed by atoms with van der Waals surface area (Å²) in [7, 11) is 0. The third-order valence-electron chi connectivity index (χ3n) is 3.35. The van der Waals surface area contributed by atoms with Crippen molar-refractivity contribution in [2.75, 3.05) is 19.6 Å². The van der Waals surface area contributed by atoms with Gasteiger partial charge in [0.05, 0.1) is 6.07 Å². The first kappa shape index (κ1) is 14.5. The Balaban J connectivity index is 2.36. The highest BCUT2D eigenvalue weighted by Gasteiger charge is 2.32. The molecule has 0 aliphatic heterocycles. The summed E-state index contributed by atoms with van der Waals surface area (Å²) in [4.78, 5) is 2.44. The Morgan fingerprint density at radius 3 is 2.53 bits per heavy atom. The van der Waals surface area contributed by atoms with Gasteiger partial charge in [0, 0.05) is 19.1 Å². The molecule has 0 spiro atoms. The molecule has 0 bridgehead atoms. The number of hydrogen-bond acceptors (Lipinski definition) is 3. The molecule has 98 valence electrons. The Morgan fingerprint density at radius 1 is 1.47 bits per heavy atom. The smallest absolute Gasteiger partial charge is 0.105 e. The summed E-state index contributed by atoms with van der Waals surface area (Å²) in [6, 6.07) is 3.04. The Morgan fingerprint density at radius 2 is 2.12 bits per heavy atom. The van der Waals surface area contributed by atoms with Crippen LogP contribution < -0.4 is 5.32 Å². The molecule has 0 heterocycles. The van der Waals surface area contributed by atoms with Gasteiger partial charge < -0.3 is 4.90 Å². The number of hydrogen-bond donors (Lipinski definition) is 1. The van der Waals surface area contributed by atoms with Crippen LogP contribution in [0, 0.1) is 17.2 Å². The van der Waals surface area contributed by atoms with Crippen molar-refractivity contribution in [1.82, 2.24) is 10.2 Å². The summed E-state index contributed by atoms with van der Waals surface area (Å²) in [5.41, 5.74) is -0.342. The summed E-state index contributed by atoms with van der Waals surface area (Å²) in [6.45, 7) is 11.9. The molecule has 1 unspecified atom stereocenters. The molecule has 1 atom stereocenters. The second kappa shape index (κ2) is 6.37. The average Bonchev–Trinajstić information content (AvgIpc) is 3.07. The first-order valence-corrected chi connectivity index (χ1v) is 6.90. The van der Waals surface area contributed by atoms with Gasteiger partial charge in [-0.1, -0.05) is 20.8 Å². The van der Waals surface area contributed by atoms with E-state index in [0.29, 0.717) is 12.0 Å². The summed E-state index contributed by atoms with van der Waals surface area (Å²) in [5, 5.41) is 12.8. The summed E-state index contributed by atoms with van der Waals surface area (Å²) >= 11 is 0. The van der Waals surface area contributed by atoms with E-state index in [4.69, 9.17) is 0 Å². The summed E-state index contributed by atoms with van der Waals surface area (Å²) in [5.74, 6) is 0.694. The molecule has 3 heteroatoms. The molecule has 3 nitrogen and oxygen atoms in total. The molecule has 1 rings (SSSR count). The zero-order valence-electron chi connectivity index (χ0n) is 11.8. The summed E-state index contributed by atoms with van der Waals surface area (Å²) in [6.07, 6.45) is 3.39. The zero-order chi connectivity index (χ0) is 12.9. The van der Waals surface area contributed by atoms with E-state index in [1.54, 1.807) is 0 Å². The minimum atomic E-state index is -0.342. The van der Waals surface area contributed by atoms with E-state index in [-0.39, 0.29) is 5.54 Å². The van der Waals surface area contributed by atoms with Gasteiger partial charge in [0.15, 0.2) is 0 Å². The maximum atomic E-state index is 9.30. The van der Waals surface area contributed by atoms with Crippen LogP contribution >= 0.6 is 0 Å². The van der Waals surface area contributed by atoms with Crippen molar-refractivity contribution in [2.24, 2.45) is 5.92 Å². The normalized spacial score (nSPS) is 19.4. The molecule has 0 aromatic carbocycles. The van der Waals surface area contributed by atoms with Crippen LogP contribution in [0.3, 0.4) is 0 Å². The van der Waals surface area contributed by atoms with Gasteiger partial charge in [-0.25, -0.2) is 0 Å². The minimum absolute atomic E-state index is 0.342. The maximum Gasteiger partial charge on any atom is 0.105 e. The Hall–Kier alpha value is -0.590. The van der Waals surface area contributed by atoms with Crippen LogP contribution in [0.4, 0.5) is 0 Å². The molecule has 0 aromatic heterocycles. The highest BCUT2D eigenvalue weighted by Crippen LogP contribution is 2.23. The van der Waals surface area contributed by atoms with E-state index in [9.17, 15) is 5.26 Å². The average molecular weight is 237 g/mol. The van der Waals surface area contributed by atoms with Gasteiger partial charge in [-0.2, -0.15) is 5.26 Å². The Bertz CT molecular complexity index is 265. The van der Waals surface area contributed by atoms with Gasteiger partial charge >= 0.3 is 0 Å². The molecule has 0 amide bonds. The van der Waals surface area contributed by atoms with Gasteiger partial charge in [0.1, 0.15) is 5.54 Å². The van der Waals surface area contributed by atoms with E-state index in [1.807, 2.05) is 6.92 Å². The summed E-state index contributed by atoms with van der Waals surface area (Å²) < 4.78 is 0. The lowest BCUT2D eigenvalue weighted by atomic mass is 9.99. The molecule has 0 aromatic rings. The fourth-order valence-electron chi connectivity index (χ4n) is 2.12. The van der Waals surface area contributed by atoms with E-state index >= 15 is 0 Å². The molecule has 0 saturated heterocycles. The quantitative estimate of drug-likeness (QED) is 0.704. The lowest BCUT2D eigenvalue weighted by molar-refractivity contribution is 0.231. The minimum Gasteiger partial charge on any atom is -0.303 e. The van der Waals surface area contributed by atoms with E-state index in [1.165, 1.54) is 12.8 Å². The third-order valence-corrected chi connectivity index (χ3v) is 3.35. The first-order chi connectivity index (χ1) is 7.99. The topological polar surface area (TPSA) is 39.1 Å². The van der Waals surface area contributed by atoms with Gasteiger partial charge in [-0.15, -0.1) is 0 Å². The van der Waals surface area contributed by atoms with Crippen molar-refractivity contribution >= 4 is 0 Å².